The van der Waals surface area contributed by atoms with Gasteiger partial charge in [-0.05, 0) is 49.7 Å². The molecule has 0 aliphatic rings. The van der Waals surface area contributed by atoms with E-state index < -0.39 is 0 Å². The summed E-state index contributed by atoms with van der Waals surface area (Å²) in [5, 5.41) is 12.5. The second-order valence-electron chi connectivity index (χ2n) is 5.88. The highest BCUT2D eigenvalue weighted by molar-refractivity contribution is 6.30. The lowest BCUT2D eigenvalue weighted by Crippen LogP contribution is -2.28. The van der Waals surface area contributed by atoms with E-state index in [2.05, 4.69) is 0 Å². The van der Waals surface area contributed by atoms with Gasteiger partial charge in [0.1, 0.15) is 0 Å². The van der Waals surface area contributed by atoms with Gasteiger partial charge in [0.2, 0.25) is 0 Å². The first-order chi connectivity index (χ1) is 12.0. The summed E-state index contributed by atoms with van der Waals surface area (Å²) in [4.78, 5) is 4.72. The van der Waals surface area contributed by atoms with Gasteiger partial charge in [-0.3, -0.25) is 5.21 Å². The molecule has 0 fully saturated rings. The molecule has 0 atom stereocenters. The second kappa shape index (κ2) is 7.51. The van der Waals surface area contributed by atoms with Crippen LogP contribution in [0.1, 0.15) is 16.7 Å². The van der Waals surface area contributed by atoms with Crippen LogP contribution in [0, 0.1) is 13.8 Å². The summed E-state index contributed by atoms with van der Waals surface area (Å²) >= 11 is 5.95. The van der Waals surface area contributed by atoms with Gasteiger partial charge in [-0.25, -0.2) is 10.1 Å². The van der Waals surface area contributed by atoms with Crippen LogP contribution in [0.2, 0.25) is 5.02 Å². The molecule has 25 heavy (non-hydrogen) atoms. The highest BCUT2D eigenvalue weighted by Crippen LogP contribution is 2.23. The molecule has 0 saturated carbocycles. The fourth-order valence-corrected chi connectivity index (χ4v) is 2.57. The van der Waals surface area contributed by atoms with Crippen molar-refractivity contribution in [3.63, 3.8) is 0 Å². The third kappa shape index (κ3) is 4.08. The molecule has 0 aliphatic carbocycles. The number of halogens is 1. The number of hydrogen-bond acceptors (Lipinski definition) is 2. The molecule has 0 unspecified atom stereocenters. The fourth-order valence-electron chi connectivity index (χ4n) is 2.44. The lowest BCUT2D eigenvalue weighted by molar-refractivity contribution is 0.313. The summed E-state index contributed by atoms with van der Waals surface area (Å²) in [6.45, 7) is 4.02. The first-order valence-electron chi connectivity index (χ1n) is 8.00. The summed E-state index contributed by atoms with van der Waals surface area (Å²) < 4.78 is 0. The SMILES string of the molecule is Cc1ccc(C(=Nc2ccccc2C)N(O)c2ccc(Cl)cc2)cc1. The molecule has 0 aromatic heterocycles. The van der Waals surface area contributed by atoms with Crippen molar-refractivity contribution in [1.29, 1.82) is 0 Å². The van der Waals surface area contributed by atoms with Crippen LogP contribution in [-0.4, -0.2) is 11.0 Å². The van der Waals surface area contributed by atoms with Gasteiger partial charge in [0, 0.05) is 10.6 Å². The number of hydroxylamine groups is 1. The van der Waals surface area contributed by atoms with Gasteiger partial charge in [0.05, 0.1) is 11.4 Å². The molecule has 1 N–H and O–H groups in total. The predicted octanol–water partition coefficient (Wildman–Crippen LogP) is 5.93. The smallest absolute Gasteiger partial charge is 0.165 e. The van der Waals surface area contributed by atoms with Gasteiger partial charge in [0.25, 0.3) is 0 Å². The Kier molecular flexibility index (Phi) is 5.17. The molecule has 3 nitrogen and oxygen atoms in total. The number of benzene rings is 3. The van der Waals surface area contributed by atoms with E-state index in [9.17, 15) is 5.21 Å². The number of anilines is 1. The third-order valence-corrected chi connectivity index (χ3v) is 4.18. The van der Waals surface area contributed by atoms with Gasteiger partial charge in [-0.2, -0.15) is 0 Å². The Morgan fingerprint density at radius 1 is 0.880 bits per heavy atom. The van der Waals surface area contributed by atoms with E-state index in [1.165, 1.54) is 0 Å². The number of amidine groups is 1. The molecule has 3 rings (SSSR count). The molecular weight excluding hydrogens is 332 g/mol. The average molecular weight is 351 g/mol. The maximum Gasteiger partial charge on any atom is 0.165 e. The van der Waals surface area contributed by atoms with E-state index in [1.807, 2.05) is 62.4 Å². The number of aliphatic imine (C=N–C) groups is 1. The highest BCUT2D eigenvalue weighted by Gasteiger charge is 2.14. The molecule has 3 aromatic rings. The summed E-state index contributed by atoms with van der Waals surface area (Å²) in [5.41, 5.74) is 4.42. The summed E-state index contributed by atoms with van der Waals surface area (Å²) in [6.07, 6.45) is 0. The third-order valence-electron chi connectivity index (χ3n) is 3.92. The van der Waals surface area contributed by atoms with Crippen LogP contribution in [-0.2, 0) is 0 Å². The van der Waals surface area contributed by atoms with Gasteiger partial charge >= 0.3 is 0 Å². The van der Waals surface area contributed by atoms with Crippen molar-refractivity contribution in [2.24, 2.45) is 4.99 Å². The first-order valence-corrected chi connectivity index (χ1v) is 8.38. The maximum atomic E-state index is 10.8. The van der Waals surface area contributed by atoms with Crippen LogP contribution in [0.4, 0.5) is 11.4 Å². The molecule has 3 aromatic carbocycles. The molecular formula is C21H19ClN2O. The van der Waals surface area contributed by atoms with Gasteiger partial charge in [0.15, 0.2) is 5.84 Å². The minimum absolute atomic E-state index is 0.455. The highest BCUT2D eigenvalue weighted by atomic mass is 35.5. The molecule has 0 aliphatic heterocycles. The Bertz CT molecular complexity index is 887. The Morgan fingerprint density at radius 3 is 2.16 bits per heavy atom. The minimum Gasteiger partial charge on any atom is -0.282 e. The van der Waals surface area contributed by atoms with Crippen molar-refractivity contribution in [2.45, 2.75) is 13.8 Å². The van der Waals surface area contributed by atoms with Gasteiger partial charge in [-0.1, -0.05) is 59.6 Å². The van der Waals surface area contributed by atoms with Crippen LogP contribution in [0.15, 0.2) is 77.8 Å². The zero-order chi connectivity index (χ0) is 17.8. The number of hydrogen-bond donors (Lipinski definition) is 1. The Morgan fingerprint density at radius 2 is 1.52 bits per heavy atom. The Balaban J connectivity index is 2.10. The van der Waals surface area contributed by atoms with Crippen LogP contribution >= 0.6 is 11.6 Å². The van der Waals surface area contributed by atoms with E-state index in [4.69, 9.17) is 16.6 Å². The predicted molar refractivity (Wildman–Crippen MR) is 104 cm³/mol. The van der Waals surface area contributed by atoms with Crippen molar-refractivity contribution < 1.29 is 5.21 Å². The zero-order valence-electron chi connectivity index (χ0n) is 14.1. The lowest BCUT2D eigenvalue weighted by atomic mass is 10.1. The summed E-state index contributed by atoms with van der Waals surface area (Å²) in [5.74, 6) is 0.455. The lowest BCUT2D eigenvalue weighted by Gasteiger charge is -2.20. The van der Waals surface area contributed by atoms with Crippen molar-refractivity contribution >= 4 is 28.8 Å². The molecule has 0 radical (unpaired) electrons. The van der Waals surface area contributed by atoms with E-state index in [1.54, 1.807) is 24.3 Å². The number of rotatable bonds is 3. The van der Waals surface area contributed by atoms with Crippen molar-refractivity contribution in [2.75, 3.05) is 5.06 Å². The molecule has 0 saturated heterocycles. The van der Waals surface area contributed by atoms with Crippen molar-refractivity contribution in [1.82, 2.24) is 0 Å². The minimum atomic E-state index is 0.455. The first kappa shape index (κ1) is 17.2. The summed E-state index contributed by atoms with van der Waals surface area (Å²) in [7, 11) is 0. The number of aryl methyl sites for hydroxylation is 2. The van der Waals surface area contributed by atoms with Crippen LogP contribution in [0.3, 0.4) is 0 Å². The van der Waals surface area contributed by atoms with E-state index in [0.29, 0.717) is 16.5 Å². The molecule has 0 amide bonds. The quantitative estimate of drug-likeness (QED) is 0.361. The fraction of sp³-hybridized carbons (Fsp3) is 0.0952. The van der Waals surface area contributed by atoms with Crippen molar-refractivity contribution in [3.05, 3.63) is 94.5 Å². The van der Waals surface area contributed by atoms with Crippen LogP contribution < -0.4 is 5.06 Å². The molecule has 4 heteroatoms. The van der Waals surface area contributed by atoms with Gasteiger partial charge in [-0.15, -0.1) is 0 Å². The topological polar surface area (TPSA) is 35.8 Å². The van der Waals surface area contributed by atoms with Crippen LogP contribution in [0.5, 0.6) is 0 Å². The van der Waals surface area contributed by atoms with E-state index in [0.717, 1.165) is 27.4 Å². The molecule has 0 heterocycles. The summed E-state index contributed by atoms with van der Waals surface area (Å²) in [6, 6.07) is 22.7. The standard InChI is InChI=1S/C21H19ClN2O/c1-15-7-9-17(10-8-15)21(23-20-6-4-3-5-16(20)2)24(25)19-13-11-18(22)12-14-19/h3-14,25H,1-2H3. The maximum absolute atomic E-state index is 10.8. The monoisotopic (exact) mass is 350 g/mol. The number of nitrogens with zero attached hydrogens (tertiary/aromatic N) is 2. The Labute approximate surface area is 152 Å². The molecule has 126 valence electrons. The Hall–Kier alpha value is -2.62. The van der Waals surface area contributed by atoms with Crippen LogP contribution in [0.25, 0.3) is 0 Å². The zero-order valence-corrected chi connectivity index (χ0v) is 14.9. The normalized spacial score (nSPS) is 11.4. The molecule has 0 spiro atoms. The second-order valence-corrected chi connectivity index (χ2v) is 6.31. The van der Waals surface area contributed by atoms with E-state index >= 15 is 0 Å². The molecule has 0 bridgehead atoms. The van der Waals surface area contributed by atoms with Crippen molar-refractivity contribution in [3.8, 4) is 0 Å². The average Bonchev–Trinajstić information content (AvgIpc) is 2.62. The largest absolute Gasteiger partial charge is 0.282 e. The number of para-hydroxylation sites is 1. The van der Waals surface area contributed by atoms with E-state index in [-0.39, 0.29) is 0 Å². The van der Waals surface area contributed by atoms with Gasteiger partial charge < -0.3 is 0 Å².